The summed E-state index contributed by atoms with van der Waals surface area (Å²) in [5.74, 6) is -0.121. The summed E-state index contributed by atoms with van der Waals surface area (Å²) >= 11 is 0. The molecule has 0 bridgehead atoms. The third kappa shape index (κ3) is 7.16. The summed E-state index contributed by atoms with van der Waals surface area (Å²) in [6, 6.07) is 2.17. The van der Waals surface area contributed by atoms with Crippen molar-refractivity contribution in [2.45, 2.75) is 51.1 Å². The van der Waals surface area contributed by atoms with Crippen LogP contribution in [0, 0.1) is 23.2 Å². The van der Waals surface area contributed by atoms with E-state index in [2.05, 4.69) is 17.8 Å². The van der Waals surface area contributed by atoms with Crippen molar-refractivity contribution < 1.29 is 18.0 Å². The van der Waals surface area contributed by atoms with Gasteiger partial charge in [0.15, 0.2) is 0 Å². The van der Waals surface area contributed by atoms with E-state index < -0.39 is 12.6 Å². The van der Waals surface area contributed by atoms with Gasteiger partial charge in [-0.2, -0.15) is 18.4 Å². The smallest absolute Gasteiger partial charge is 0.389 e. The fourth-order valence-electron chi connectivity index (χ4n) is 2.58. The molecular formula is C15H21F3N2O. The number of hydrogen-bond donors (Lipinski definition) is 0. The summed E-state index contributed by atoms with van der Waals surface area (Å²) < 4.78 is 36.4. The summed E-state index contributed by atoms with van der Waals surface area (Å²) in [4.78, 5) is 5.03. The van der Waals surface area contributed by atoms with E-state index in [0.717, 1.165) is 31.4 Å². The van der Waals surface area contributed by atoms with E-state index in [4.69, 9.17) is 10.1 Å². The highest BCUT2D eigenvalue weighted by atomic mass is 19.4. The molecule has 1 saturated carbocycles. The number of rotatable bonds is 7. The third-order valence-electron chi connectivity index (χ3n) is 3.70. The average molecular weight is 302 g/mol. The Hall–Kier alpha value is -1.51. The minimum Gasteiger partial charge on any atom is -0.392 e. The van der Waals surface area contributed by atoms with E-state index in [1.807, 2.05) is 0 Å². The minimum atomic E-state index is -4.13. The topological polar surface area (TPSA) is 45.4 Å². The van der Waals surface area contributed by atoms with Crippen LogP contribution in [0.4, 0.5) is 13.2 Å². The SMILES string of the molecule is C=CCON=C1CCC(C(C#N)CCCC(F)(F)F)CC1. The molecular weight excluding hydrogens is 281 g/mol. The maximum atomic E-state index is 12.1. The Labute approximate surface area is 123 Å². The van der Waals surface area contributed by atoms with Crippen molar-refractivity contribution in [3.05, 3.63) is 12.7 Å². The van der Waals surface area contributed by atoms with Gasteiger partial charge < -0.3 is 4.84 Å². The Morgan fingerprint density at radius 3 is 2.62 bits per heavy atom. The maximum Gasteiger partial charge on any atom is 0.389 e. The molecule has 3 nitrogen and oxygen atoms in total. The van der Waals surface area contributed by atoms with Gasteiger partial charge in [-0.25, -0.2) is 0 Å². The fraction of sp³-hybridized carbons (Fsp3) is 0.733. The third-order valence-corrected chi connectivity index (χ3v) is 3.70. The van der Waals surface area contributed by atoms with Gasteiger partial charge >= 0.3 is 6.18 Å². The van der Waals surface area contributed by atoms with Gasteiger partial charge in [-0.05, 0) is 44.4 Å². The van der Waals surface area contributed by atoms with E-state index in [1.54, 1.807) is 6.08 Å². The van der Waals surface area contributed by atoms with Crippen LogP contribution in [0.15, 0.2) is 17.8 Å². The fourth-order valence-corrected chi connectivity index (χ4v) is 2.58. The maximum absolute atomic E-state index is 12.1. The number of alkyl halides is 3. The van der Waals surface area contributed by atoms with Gasteiger partial charge in [0, 0.05) is 12.3 Å². The second-order valence-corrected chi connectivity index (χ2v) is 5.32. The highest BCUT2D eigenvalue weighted by molar-refractivity contribution is 5.84. The second kappa shape index (κ2) is 8.71. The van der Waals surface area contributed by atoms with E-state index in [0.29, 0.717) is 13.0 Å². The Bertz CT molecular complexity index is 389. The van der Waals surface area contributed by atoms with Gasteiger partial charge in [-0.3, -0.25) is 0 Å². The highest BCUT2D eigenvalue weighted by Crippen LogP contribution is 2.33. The van der Waals surface area contributed by atoms with Crippen molar-refractivity contribution in [3.8, 4) is 6.07 Å². The number of nitriles is 1. The molecule has 0 aromatic carbocycles. The lowest BCUT2D eigenvalue weighted by Gasteiger charge is -2.26. The zero-order valence-electron chi connectivity index (χ0n) is 12.0. The van der Waals surface area contributed by atoms with Crippen molar-refractivity contribution in [2.75, 3.05) is 6.61 Å². The molecule has 6 heteroatoms. The number of oxime groups is 1. The molecule has 0 aromatic heterocycles. The number of hydrogen-bond acceptors (Lipinski definition) is 3. The van der Waals surface area contributed by atoms with Gasteiger partial charge in [0.25, 0.3) is 0 Å². The first-order valence-corrected chi connectivity index (χ1v) is 7.21. The molecule has 1 atom stereocenters. The summed E-state index contributed by atoms with van der Waals surface area (Å²) in [6.07, 6.45) is 0.109. The molecule has 0 radical (unpaired) electrons. The Morgan fingerprint density at radius 2 is 2.10 bits per heavy atom. The highest BCUT2D eigenvalue weighted by Gasteiger charge is 2.29. The Morgan fingerprint density at radius 1 is 1.43 bits per heavy atom. The van der Waals surface area contributed by atoms with Gasteiger partial charge in [-0.15, -0.1) is 0 Å². The first kappa shape index (κ1) is 17.5. The summed E-state index contributed by atoms with van der Waals surface area (Å²) in [6.45, 7) is 3.89. The van der Waals surface area contributed by atoms with Crippen LogP contribution < -0.4 is 0 Å². The molecule has 0 N–H and O–H groups in total. The quantitative estimate of drug-likeness (QED) is 0.392. The second-order valence-electron chi connectivity index (χ2n) is 5.32. The molecule has 1 rings (SSSR count). The first-order valence-electron chi connectivity index (χ1n) is 7.21. The molecule has 0 amide bonds. The van der Waals surface area contributed by atoms with Crippen LogP contribution in [0.5, 0.6) is 0 Å². The predicted molar refractivity (Wildman–Crippen MR) is 74.6 cm³/mol. The van der Waals surface area contributed by atoms with Crippen LogP contribution in [0.1, 0.15) is 44.9 Å². The van der Waals surface area contributed by atoms with Crippen molar-refractivity contribution >= 4 is 5.71 Å². The molecule has 0 spiro atoms. The molecule has 118 valence electrons. The lowest BCUT2D eigenvalue weighted by Crippen LogP contribution is -2.21. The molecule has 0 heterocycles. The van der Waals surface area contributed by atoms with Gasteiger partial charge in [0.2, 0.25) is 0 Å². The number of halogens is 3. The lowest BCUT2D eigenvalue weighted by molar-refractivity contribution is -0.136. The normalized spacial score (nSPS) is 20.5. The predicted octanol–water partition coefficient (Wildman–Crippen LogP) is 4.61. The summed E-state index contributed by atoms with van der Waals surface area (Å²) in [7, 11) is 0. The molecule has 1 aliphatic carbocycles. The van der Waals surface area contributed by atoms with Crippen LogP contribution in [0.25, 0.3) is 0 Å². The number of nitrogens with zero attached hydrogens (tertiary/aromatic N) is 2. The largest absolute Gasteiger partial charge is 0.392 e. The zero-order valence-corrected chi connectivity index (χ0v) is 12.0. The molecule has 0 saturated heterocycles. The minimum absolute atomic E-state index is 0.0294. The van der Waals surface area contributed by atoms with Crippen LogP contribution in [0.2, 0.25) is 0 Å². The van der Waals surface area contributed by atoms with E-state index in [9.17, 15) is 13.2 Å². The molecule has 0 aliphatic heterocycles. The Kier molecular flexibility index (Phi) is 7.27. The monoisotopic (exact) mass is 302 g/mol. The van der Waals surface area contributed by atoms with Crippen molar-refractivity contribution in [1.82, 2.24) is 0 Å². The molecule has 1 fully saturated rings. The Balaban J connectivity index is 2.35. The van der Waals surface area contributed by atoms with Crippen molar-refractivity contribution in [2.24, 2.45) is 17.0 Å². The van der Waals surface area contributed by atoms with Crippen LogP contribution >= 0.6 is 0 Å². The van der Waals surface area contributed by atoms with Crippen molar-refractivity contribution in [3.63, 3.8) is 0 Å². The first-order chi connectivity index (χ1) is 9.96. The summed E-state index contributed by atoms with van der Waals surface area (Å²) in [5.41, 5.74) is 0.958. The standard InChI is InChI=1S/C15H21F3N2O/c1-2-10-21-20-14-7-5-12(6-8-14)13(11-19)4-3-9-15(16,17)18/h2,12-13H,1,3-10H2. The lowest BCUT2D eigenvalue weighted by atomic mass is 9.78. The summed E-state index contributed by atoms with van der Waals surface area (Å²) in [5, 5.41) is 13.2. The van der Waals surface area contributed by atoms with E-state index >= 15 is 0 Å². The zero-order chi connectivity index (χ0) is 15.7. The van der Waals surface area contributed by atoms with Gasteiger partial charge in [-0.1, -0.05) is 17.8 Å². The van der Waals surface area contributed by atoms with Gasteiger partial charge in [0.1, 0.15) is 6.61 Å². The van der Waals surface area contributed by atoms with Crippen LogP contribution in [-0.2, 0) is 4.84 Å². The molecule has 21 heavy (non-hydrogen) atoms. The molecule has 1 unspecified atom stereocenters. The van der Waals surface area contributed by atoms with E-state index in [-0.39, 0.29) is 18.3 Å². The van der Waals surface area contributed by atoms with Crippen LogP contribution in [0.3, 0.4) is 0 Å². The van der Waals surface area contributed by atoms with Crippen LogP contribution in [-0.4, -0.2) is 18.5 Å². The van der Waals surface area contributed by atoms with Gasteiger partial charge in [0.05, 0.1) is 11.8 Å². The molecule has 1 aliphatic rings. The van der Waals surface area contributed by atoms with E-state index in [1.165, 1.54) is 0 Å². The van der Waals surface area contributed by atoms with Crippen molar-refractivity contribution in [1.29, 1.82) is 5.26 Å². The molecule has 0 aromatic rings. The average Bonchev–Trinajstić information content (AvgIpc) is 2.44.